The lowest BCUT2D eigenvalue weighted by molar-refractivity contribution is -0.118. The van der Waals surface area contributed by atoms with Gasteiger partial charge in [-0.3, -0.25) is 10.1 Å². The molecule has 29 heavy (non-hydrogen) atoms. The Labute approximate surface area is 170 Å². The van der Waals surface area contributed by atoms with E-state index in [4.69, 9.17) is 4.74 Å². The summed E-state index contributed by atoms with van der Waals surface area (Å²) < 4.78 is 21.0. The van der Waals surface area contributed by atoms with Crippen molar-refractivity contribution in [2.24, 2.45) is 0 Å². The van der Waals surface area contributed by atoms with Crippen LogP contribution in [0.5, 0.6) is 5.75 Å². The number of amides is 1. The molecule has 0 spiro atoms. The number of halogens is 1. The van der Waals surface area contributed by atoms with E-state index in [1.165, 1.54) is 21.9 Å². The third kappa shape index (κ3) is 3.81. The molecule has 0 bridgehead atoms. The fraction of sp³-hybridized carbons (Fsp3) is 0.200. The number of hydrogen-bond donors (Lipinski definition) is 1. The highest BCUT2D eigenvalue weighted by Gasteiger charge is 2.16. The zero-order valence-corrected chi connectivity index (χ0v) is 16.9. The van der Waals surface area contributed by atoms with E-state index >= 15 is 0 Å². The number of aromatic nitrogens is 4. The van der Waals surface area contributed by atoms with Crippen LogP contribution in [-0.2, 0) is 4.79 Å². The molecule has 0 aliphatic carbocycles. The summed E-state index contributed by atoms with van der Waals surface area (Å²) in [5.41, 5.74) is 3.19. The molecule has 0 saturated carbocycles. The Bertz CT molecular complexity index is 1220. The van der Waals surface area contributed by atoms with Gasteiger partial charge >= 0.3 is 0 Å². The van der Waals surface area contributed by atoms with E-state index in [9.17, 15) is 9.18 Å². The van der Waals surface area contributed by atoms with E-state index in [1.54, 1.807) is 19.1 Å². The van der Waals surface area contributed by atoms with Crippen LogP contribution in [0.25, 0.3) is 16.3 Å². The van der Waals surface area contributed by atoms with Gasteiger partial charge in [0.2, 0.25) is 10.1 Å². The van der Waals surface area contributed by atoms with Crippen molar-refractivity contribution in [3.8, 4) is 17.1 Å². The lowest BCUT2D eigenvalue weighted by atomic mass is 10.1. The second-order valence-electron chi connectivity index (χ2n) is 6.62. The topological polar surface area (TPSA) is 81.4 Å². The number of benzene rings is 2. The van der Waals surface area contributed by atoms with E-state index in [0.717, 1.165) is 11.1 Å². The number of carbonyl (C=O) groups excluding carboxylic acids is 1. The normalized spacial score (nSPS) is 11.0. The summed E-state index contributed by atoms with van der Waals surface area (Å²) in [6.07, 6.45) is 0. The number of ether oxygens (including phenoxy) is 1. The van der Waals surface area contributed by atoms with Crippen LogP contribution in [-0.4, -0.2) is 32.3 Å². The third-order valence-electron chi connectivity index (χ3n) is 4.58. The highest BCUT2D eigenvalue weighted by molar-refractivity contribution is 7.20. The first-order chi connectivity index (χ1) is 13.9. The van der Waals surface area contributed by atoms with Gasteiger partial charge in [-0.05, 0) is 49.6 Å². The first-order valence-corrected chi connectivity index (χ1v) is 9.71. The number of carbonyl (C=O) groups is 1. The number of nitrogens with one attached hydrogen (secondary N) is 1. The van der Waals surface area contributed by atoms with Gasteiger partial charge in [0.25, 0.3) is 5.91 Å². The Balaban J connectivity index is 1.49. The first-order valence-electron chi connectivity index (χ1n) is 8.90. The van der Waals surface area contributed by atoms with Crippen LogP contribution in [0.4, 0.5) is 9.52 Å². The minimum atomic E-state index is -0.334. The van der Waals surface area contributed by atoms with E-state index in [1.807, 2.05) is 32.0 Å². The van der Waals surface area contributed by atoms with E-state index in [-0.39, 0.29) is 18.3 Å². The summed E-state index contributed by atoms with van der Waals surface area (Å²) in [7, 11) is 0. The molecule has 2 aromatic carbocycles. The predicted octanol–water partition coefficient (Wildman–Crippen LogP) is 3.93. The average Bonchev–Trinajstić information content (AvgIpc) is 3.25. The summed E-state index contributed by atoms with van der Waals surface area (Å²) in [5, 5.41) is 15.5. The van der Waals surface area contributed by atoms with E-state index < -0.39 is 0 Å². The van der Waals surface area contributed by atoms with Gasteiger partial charge in [-0.2, -0.15) is 4.52 Å². The van der Waals surface area contributed by atoms with E-state index in [2.05, 4.69) is 20.6 Å². The first kappa shape index (κ1) is 19.0. The zero-order valence-electron chi connectivity index (χ0n) is 16.1. The molecule has 0 atom stereocenters. The molecule has 1 N–H and O–H groups in total. The Kier molecular flexibility index (Phi) is 4.98. The molecule has 1 amide bonds. The molecule has 0 saturated heterocycles. The Morgan fingerprint density at radius 2 is 2.00 bits per heavy atom. The van der Waals surface area contributed by atoms with Crippen LogP contribution in [0.3, 0.4) is 0 Å². The van der Waals surface area contributed by atoms with Crippen LogP contribution in [0.15, 0.2) is 36.4 Å². The summed E-state index contributed by atoms with van der Waals surface area (Å²) >= 11 is 1.17. The van der Waals surface area contributed by atoms with Gasteiger partial charge in [0.15, 0.2) is 12.4 Å². The van der Waals surface area contributed by atoms with Gasteiger partial charge in [-0.25, -0.2) is 4.39 Å². The fourth-order valence-corrected chi connectivity index (χ4v) is 3.51. The van der Waals surface area contributed by atoms with Crippen LogP contribution < -0.4 is 10.1 Å². The number of hydrogen-bond acceptors (Lipinski definition) is 6. The fourth-order valence-electron chi connectivity index (χ4n) is 2.76. The molecule has 2 aromatic heterocycles. The lowest BCUT2D eigenvalue weighted by Gasteiger charge is -2.10. The van der Waals surface area contributed by atoms with Gasteiger partial charge in [0.1, 0.15) is 11.6 Å². The van der Waals surface area contributed by atoms with Crippen LogP contribution in [0, 0.1) is 26.6 Å². The molecule has 4 rings (SSSR count). The minimum Gasteiger partial charge on any atom is -0.483 e. The number of anilines is 1. The quantitative estimate of drug-likeness (QED) is 0.538. The van der Waals surface area contributed by atoms with Gasteiger partial charge in [0, 0.05) is 5.56 Å². The zero-order chi connectivity index (χ0) is 20.5. The minimum absolute atomic E-state index is 0.138. The van der Waals surface area contributed by atoms with Crippen molar-refractivity contribution in [1.29, 1.82) is 0 Å². The number of nitrogens with zero attached hydrogens (tertiary/aromatic N) is 4. The van der Waals surface area contributed by atoms with Crippen molar-refractivity contribution >= 4 is 27.3 Å². The van der Waals surface area contributed by atoms with Crippen molar-refractivity contribution in [2.45, 2.75) is 20.8 Å². The van der Waals surface area contributed by atoms with Gasteiger partial charge in [-0.15, -0.1) is 15.3 Å². The SMILES string of the molecule is Cc1ccc(-c2nnc3sc(NC(=O)COc4cccc(C)c4C)nn23)cc1F. The predicted molar refractivity (Wildman–Crippen MR) is 109 cm³/mol. The maximum atomic E-state index is 13.9. The van der Waals surface area contributed by atoms with Crippen molar-refractivity contribution in [1.82, 2.24) is 19.8 Å². The van der Waals surface area contributed by atoms with Gasteiger partial charge in [-0.1, -0.05) is 35.6 Å². The Morgan fingerprint density at radius 1 is 1.17 bits per heavy atom. The second kappa shape index (κ2) is 7.59. The van der Waals surface area contributed by atoms with Crippen LogP contribution in [0.1, 0.15) is 16.7 Å². The average molecular weight is 411 g/mol. The molecule has 0 aliphatic heterocycles. The van der Waals surface area contributed by atoms with Crippen LogP contribution >= 0.6 is 11.3 Å². The Morgan fingerprint density at radius 3 is 2.79 bits per heavy atom. The van der Waals surface area contributed by atoms with Crippen LogP contribution in [0.2, 0.25) is 0 Å². The van der Waals surface area contributed by atoms with Crippen molar-refractivity contribution < 1.29 is 13.9 Å². The van der Waals surface area contributed by atoms with Crippen molar-refractivity contribution in [2.75, 3.05) is 11.9 Å². The van der Waals surface area contributed by atoms with Crippen molar-refractivity contribution in [3.63, 3.8) is 0 Å². The van der Waals surface area contributed by atoms with E-state index in [0.29, 0.717) is 32.8 Å². The molecule has 0 unspecified atom stereocenters. The maximum Gasteiger partial charge on any atom is 0.264 e. The smallest absolute Gasteiger partial charge is 0.264 e. The molecule has 148 valence electrons. The third-order valence-corrected chi connectivity index (χ3v) is 5.40. The molecule has 4 aromatic rings. The Hall–Kier alpha value is -3.33. The summed E-state index contributed by atoms with van der Waals surface area (Å²) in [6.45, 7) is 5.48. The highest BCUT2D eigenvalue weighted by atomic mass is 32.1. The molecule has 2 heterocycles. The number of rotatable bonds is 5. The highest BCUT2D eigenvalue weighted by Crippen LogP contribution is 2.25. The number of aryl methyl sites for hydroxylation is 2. The summed E-state index contributed by atoms with van der Waals surface area (Å²) in [4.78, 5) is 12.7. The molecular weight excluding hydrogens is 393 g/mol. The molecular formula is C20H18FN5O2S. The second-order valence-corrected chi connectivity index (χ2v) is 7.58. The molecule has 0 radical (unpaired) electrons. The molecule has 0 aliphatic rings. The monoisotopic (exact) mass is 411 g/mol. The maximum absolute atomic E-state index is 13.9. The van der Waals surface area contributed by atoms with Gasteiger partial charge < -0.3 is 4.74 Å². The van der Waals surface area contributed by atoms with Crippen molar-refractivity contribution in [3.05, 3.63) is 58.9 Å². The number of fused-ring (bicyclic) bond motifs is 1. The molecule has 9 heteroatoms. The standard InChI is InChI=1S/C20H18FN5O2S/c1-11-5-4-6-16(13(11)3)28-10-17(27)22-19-25-26-18(23-24-20(26)29-19)14-8-7-12(2)15(21)9-14/h4-9H,10H2,1-3H3,(H,22,25,27). The lowest BCUT2D eigenvalue weighted by Crippen LogP contribution is -2.20. The largest absolute Gasteiger partial charge is 0.483 e. The molecule has 0 fully saturated rings. The summed E-state index contributed by atoms with van der Waals surface area (Å²) in [5.74, 6) is 0.412. The summed E-state index contributed by atoms with van der Waals surface area (Å²) in [6, 6.07) is 10.5. The molecule has 7 nitrogen and oxygen atoms in total. The van der Waals surface area contributed by atoms with Gasteiger partial charge in [0.05, 0.1) is 0 Å².